The second kappa shape index (κ2) is 6.61. The first-order valence-electron chi connectivity index (χ1n) is 6.83. The molecule has 3 nitrogen and oxygen atoms in total. The van der Waals surface area contributed by atoms with Crippen molar-refractivity contribution in [3.63, 3.8) is 0 Å². The summed E-state index contributed by atoms with van der Waals surface area (Å²) in [5.74, 6) is 0. The van der Waals surface area contributed by atoms with E-state index in [0.717, 1.165) is 15.3 Å². The summed E-state index contributed by atoms with van der Waals surface area (Å²) in [6.07, 6.45) is 0. The van der Waals surface area contributed by atoms with E-state index in [0.29, 0.717) is 20.8 Å². The van der Waals surface area contributed by atoms with Crippen molar-refractivity contribution in [3.05, 3.63) is 51.5 Å². The van der Waals surface area contributed by atoms with Gasteiger partial charge in [-0.1, -0.05) is 34.5 Å². The predicted octanol–water partition coefficient (Wildman–Crippen LogP) is 6.03. The van der Waals surface area contributed by atoms with E-state index in [1.54, 1.807) is 29.5 Å². The molecule has 3 rings (SSSR count). The average Bonchev–Trinajstić information content (AvgIpc) is 2.84. The lowest BCUT2D eigenvalue weighted by Crippen LogP contribution is -2.19. The van der Waals surface area contributed by atoms with Crippen LogP contribution in [0, 0.1) is 13.8 Å². The minimum Gasteiger partial charge on any atom is -0.331 e. The molecule has 118 valence electrons. The molecule has 3 aromatic rings. The highest BCUT2D eigenvalue weighted by Gasteiger charge is 2.09. The van der Waals surface area contributed by atoms with Gasteiger partial charge in [0, 0.05) is 5.02 Å². The fourth-order valence-electron chi connectivity index (χ4n) is 2.08. The van der Waals surface area contributed by atoms with E-state index >= 15 is 0 Å². The van der Waals surface area contributed by atoms with Crippen molar-refractivity contribution in [1.29, 1.82) is 0 Å². The molecule has 0 amide bonds. The maximum atomic E-state index is 6.12. The van der Waals surface area contributed by atoms with Crippen LogP contribution in [0.3, 0.4) is 0 Å². The highest BCUT2D eigenvalue weighted by Crippen LogP contribution is 2.29. The van der Waals surface area contributed by atoms with Crippen molar-refractivity contribution in [3.8, 4) is 0 Å². The second-order valence-corrected chi connectivity index (χ2v) is 7.41. The third kappa shape index (κ3) is 3.75. The number of thiocarbonyl (C=S) groups is 1. The summed E-state index contributed by atoms with van der Waals surface area (Å²) < 4.78 is 1.12. The number of hydrogen-bond donors (Lipinski definition) is 2. The van der Waals surface area contributed by atoms with E-state index in [1.165, 1.54) is 11.1 Å². The lowest BCUT2D eigenvalue weighted by Gasteiger charge is -2.10. The molecule has 0 saturated carbocycles. The lowest BCUT2D eigenvalue weighted by atomic mass is 10.1. The fourth-order valence-corrected chi connectivity index (χ4v) is 3.64. The number of thiazole rings is 1. The molecular formula is C16H13Cl2N3S2. The van der Waals surface area contributed by atoms with Crippen LogP contribution in [0.4, 0.5) is 10.8 Å². The first-order chi connectivity index (χ1) is 10.9. The Morgan fingerprint density at radius 2 is 1.83 bits per heavy atom. The van der Waals surface area contributed by atoms with Crippen LogP contribution in [0.2, 0.25) is 10.0 Å². The normalized spacial score (nSPS) is 10.8. The molecule has 0 aliphatic carbocycles. The number of anilines is 2. The van der Waals surface area contributed by atoms with Gasteiger partial charge in [-0.15, -0.1) is 0 Å². The quantitative estimate of drug-likeness (QED) is 0.531. The summed E-state index contributed by atoms with van der Waals surface area (Å²) in [5, 5.41) is 8.42. The number of benzene rings is 2. The van der Waals surface area contributed by atoms with E-state index in [1.807, 2.05) is 0 Å². The van der Waals surface area contributed by atoms with E-state index in [4.69, 9.17) is 35.4 Å². The van der Waals surface area contributed by atoms with E-state index in [9.17, 15) is 0 Å². The molecule has 2 N–H and O–H groups in total. The van der Waals surface area contributed by atoms with Gasteiger partial charge in [-0.25, -0.2) is 4.98 Å². The molecule has 0 spiro atoms. The van der Waals surface area contributed by atoms with Crippen LogP contribution in [0.25, 0.3) is 10.2 Å². The monoisotopic (exact) mass is 381 g/mol. The zero-order valence-corrected chi connectivity index (χ0v) is 15.6. The van der Waals surface area contributed by atoms with E-state index < -0.39 is 0 Å². The maximum absolute atomic E-state index is 6.12. The molecule has 0 aliphatic heterocycles. The van der Waals surface area contributed by atoms with Crippen molar-refractivity contribution < 1.29 is 0 Å². The van der Waals surface area contributed by atoms with Crippen molar-refractivity contribution in [2.75, 3.05) is 10.6 Å². The smallest absolute Gasteiger partial charge is 0.190 e. The van der Waals surface area contributed by atoms with Gasteiger partial charge in [0.2, 0.25) is 0 Å². The number of aromatic nitrogens is 1. The van der Waals surface area contributed by atoms with Gasteiger partial charge in [-0.2, -0.15) is 0 Å². The largest absolute Gasteiger partial charge is 0.331 e. The van der Waals surface area contributed by atoms with Crippen LogP contribution in [-0.4, -0.2) is 10.1 Å². The van der Waals surface area contributed by atoms with Gasteiger partial charge in [-0.3, -0.25) is 0 Å². The molecule has 0 atom stereocenters. The van der Waals surface area contributed by atoms with Gasteiger partial charge in [0.05, 0.1) is 20.9 Å². The number of fused-ring (bicyclic) bond motifs is 1. The lowest BCUT2D eigenvalue weighted by molar-refractivity contribution is 1.35. The molecule has 0 unspecified atom stereocenters. The summed E-state index contributed by atoms with van der Waals surface area (Å²) in [6.45, 7) is 4.17. The van der Waals surface area contributed by atoms with Gasteiger partial charge < -0.3 is 10.6 Å². The molecule has 0 aliphatic rings. The van der Waals surface area contributed by atoms with Crippen LogP contribution < -0.4 is 10.6 Å². The van der Waals surface area contributed by atoms with Crippen molar-refractivity contribution in [2.24, 2.45) is 0 Å². The van der Waals surface area contributed by atoms with Crippen LogP contribution in [0.1, 0.15) is 11.1 Å². The third-order valence-electron chi connectivity index (χ3n) is 3.40. The van der Waals surface area contributed by atoms with Gasteiger partial charge in [0.1, 0.15) is 0 Å². The predicted molar refractivity (Wildman–Crippen MR) is 105 cm³/mol. The Morgan fingerprint density at radius 1 is 1.09 bits per heavy atom. The molecule has 0 bridgehead atoms. The second-order valence-electron chi connectivity index (χ2n) is 5.13. The van der Waals surface area contributed by atoms with Gasteiger partial charge in [0.25, 0.3) is 0 Å². The Kier molecular flexibility index (Phi) is 4.73. The molecular weight excluding hydrogens is 369 g/mol. The zero-order chi connectivity index (χ0) is 16.6. The van der Waals surface area contributed by atoms with Crippen LogP contribution in [0.5, 0.6) is 0 Å². The number of rotatable bonds is 2. The van der Waals surface area contributed by atoms with Crippen molar-refractivity contribution in [2.45, 2.75) is 13.8 Å². The zero-order valence-electron chi connectivity index (χ0n) is 12.4. The molecule has 1 aromatic heterocycles. The van der Waals surface area contributed by atoms with Crippen LogP contribution in [0.15, 0.2) is 30.3 Å². The summed E-state index contributed by atoms with van der Waals surface area (Å²) in [6, 6.07) is 9.39. The Hall–Kier alpha value is -1.40. The summed E-state index contributed by atoms with van der Waals surface area (Å²) in [7, 11) is 0. The number of halogens is 2. The molecule has 0 radical (unpaired) electrons. The van der Waals surface area contributed by atoms with Crippen molar-refractivity contribution in [1.82, 2.24) is 4.98 Å². The summed E-state index contributed by atoms with van der Waals surface area (Å²) in [5.41, 5.74) is 4.09. The average molecular weight is 382 g/mol. The number of nitrogens with zero attached hydrogens (tertiary/aromatic N) is 1. The first-order valence-corrected chi connectivity index (χ1v) is 8.81. The number of aryl methyl sites for hydroxylation is 2. The van der Waals surface area contributed by atoms with Gasteiger partial charge in [-0.05, 0) is 67.5 Å². The number of hydrogen-bond acceptors (Lipinski definition) is 3. The molecule has 7 heteroatoms. The molecule has 0 fully saturated rings. The fraction of sp³-hybridized carbons (Fsp3) is 0.125. The Bertz CT molecular complexity index is 867. The molecule has 2 aromatic carbocycles. The summed E-state index contributed by atoms with van der Waals surface area (Å²) in [4.78, 5) is 4.56. The van der Waals surface area contributed by atoms with E-state index in [2.05, 4.69) is 41.6 Å². The molecule has 1 heterocycles. The van der Waals surface area contributed by atoms with Crippen molar-refractivity contribution >= 4 is 72.9 Å². The molecule has 0 saturated heterocycles. The Balaban J connectivity index is 1.78. The standard InChI is InChI=1S/C16H13Cl2N3S2/c1-8-5-13-14(6-9(8)2)23-16(20-13)21-15(22)19-12-7-10(17)3-4-11(12)18/h3-7H,1-2H3,(H2,19,20,21,22). The minimum atomic E-state index is 0.418. The van der Waals surface area contributed by atoms with Gasteiger partial charge >= 0.3 is 0 Å². The van der Waals surface area contributed by atoms with E-state index in [-0.39, 0.29) is 0 Å². The third-order valence-corrected chi connectivity index (χ3v) is 5.10. The minimum absolute atomic E-state index is 0.418. The highest BCUT2D eigenvalue weighted by atomic mass is 35.5. The maximum Gasteiger partial charge on any atom is 0.190 e. The number of nitrogens with one attached hydrogen (secondary N) is 2. The van der Waals surface area contributed by atoms with Crippen LogP contribution in [-0.2, 0) is 0 Å². The topological polar surface area (TPSA) is 37.0 Å². The SMILES string of the molecule is Cc1cc2nc(NC(=S)Nc3cc(Cl)ccc3Cl)sc2cc1C. The highest BCUT2D eigenvalue weighted by molar-refractivity contribution is 7.80. The van der Waals surface area contributed by atoms with Crippen LogP contribution >= 0.6 is 46.8 Å². The Labute approximate surface area is 153 Å². The first kappa shape index (κ1) is 16.5. The Morgan fingerprint density at radius 3 is 2.61 bits per heavy atom. The van der Waals surface area contributed by atoms with Gasteiger partial charge in [0.15, 0.2) is 10.2 Å². The summed E-state index contributed by atoms with van der Waals surface area (Å²) >= 11 is 19.0. The molecule has 23 heavy (non-hydrogen) atoms.